The predicted molar refractivity (Wildman–Crippen MR) is 65.7 cm³/mol. The van der Waals surface area contributed by atoms with Gasteiger partial charge in [0.2, 0.25) is 0 Å². The van der Waals surface area contributed by atoms with Crippen molar-refractivity contribution in [2.45, 2.75) is 12.5 Å². The van der Waals surface area contributed by atoms with E-state index in [1.54, 1.807) is 29.9 Å². The molecule has 0 spiro atoms. The van der Waals surface area contributed by atoms with Crippen molar-refractivity contribution in [3.8, 4) is 0 Å². The first-order valence-corrected chi connectivity index (χ1v) is 5.91. The summed E-state index contributed by atoms with van der Waals surface area (Å²) < 4.78 is 15.9. The van der Waals surface area contributed by atoms with E-state index in [2.05, 4.69) is 26.0 Å². The van der Waals surface area contributed by atoms with Crippen molar-refractivity contribution < 1.29 is 4.39 Å². The van der Waals surface area contributed by atoms with Crippen molar-refractivity contribution in [1.82, 2.24) is 14.8 Å². The molecule has 1 aromatic heterocycles. The number of halogens is 2. The zero-order valence-electron chi connectivity index (χ0n) is 9.27. The second kappa shape index (κ2) is 4.93. The van der Waals surface area contributed by atoms with Crippen LogP contribution in [0.2, 0.25) is 0 Å². The fourth-order valence-corrected chi connectivity index (χ4v) is 2.00. The van der Waals surface area contributed by atoms with Crippen LogP contribution >= 0.6 is 15.9 Å². The van der Waals surface area contributed by atoms with E-state index >= 15 is 0 Å². The van der Waals surface area contributed by atoms with Gasteiger partial charge in [0.1, 0.15) is 18.0 Å². The van der Waals surface area contributed by atoms with Gasteiger partial charge < -0.3 is 5.73 Å². The van der Waals surface area contributed by atoms with Gasteiger partial charge in [0.25, 0.3) is 0 Å². The zero-order chi connectivity index (χ0) is 12.4. The molecule has 0 saturated heterocycles. The third kappa shape index (κ3) is 2.53. The number of nitrogens with zero attached hydrogens (tertiary/aromatic N) is 3. The van der Waals surface area contributed by atoms with Crippen molar-refractivity contribution in [3.05, 3.63) is 46.2 Å². The maximum atomic E-state index is 13.8. The lowest BCUT2D eigenvalue weighted by Crippen LogP contribution is -2.17. The summed E-state index contributed by atoms with van der Waals surface area (Å²) in [6.45, 7) is 0. The Kier molecular flexibility index (Phi) is 3.54. The Morgan fingerprint density at radius 3 is 2.94 bits per heavy atom. The summed E-state index contributed by atoms with van der Waals surface area (Å²) in [6, 6.07) is 4.66. The highest BCUT2D eigenvalue weighted by Crippen LogP contribution is 2.24. The van der Waals surface area contributed by atoms with Crippen molar-refractivity contribution in [3.63, 3.8) is 0 Å². The number of aryl methyl sites for hydroxylation is 1. The molecule has 1 aromatic carbocycles. The molecule has 4 nitrogen and oxygen atoms in total. The van der Waals surface area contributed by atoms with E-state index in [0.29, 0.717) is 16.5 Å². The topological polar surface area (TPSA) is 56.7 Å². The molecule has 1 heterocycles. The van der Waals surface area contributed by atoms with Crippen LogP contribution in [0.25, 0.3) is 0 Å². The van der Waals surface area contributed by atoms with Crippen LogP contribution in [0, 0.1) is 5.82 Å². The van der Waals surface area contributed by atoms with Gasteiger partial charge in [0, 0.05) is 25.1 Å². The second-order valence-corrected chi connectivity index (χ2v) is 4.61. The number of hydrogen-bond acceptors (Lipinski definition) is 3. The molecule has 90 valence electrons. The van der Waals surface area contributed by atoms with Crippen LogP contribution in [0.15, 0.2) is 29.0 Å². The first-order chi connectivity index (χ1) is 8.09. The molecule has 17 heavy (non-hydrogen) atoms. The van der Waals surface area contributed by atoms with Crippen LogP contribution in [0.3, 0.4) is 0 Å². The van der Waals surface area contributed by atoms with E-state index in [1.165, 1.54) is 6.33 Å². The van der Waals surface area contributed by atoms with Crippen LogP contribution < -0.4 is 5.73 Å². The van der Waals surface area contributed by atoms with Crippen LogP contribution in [-0.2, 0) is 13.5 Å². The Balaban J connectivity index is 2.23. The molecular weight excluding hydrogens is 287 g/mol. The number of benzene rings is 1. The summed E-state index contributed by atoms with van der Waals surface area (Å²) in [5.41, 5.74) is 6.46. The third-order valence-corrected chi connectivity index (χ3v) is 3.20. The molecule has 0 saturated carbocycles. The summed E-state index contributed by atoms with van der Waals surface area (Å²) in [5.74, 6) is 0.416. The third-order valence-electron chi connectivity index (χ3n) is 2.59. The fraction of sp³-hybridized carbons (Fsp3) is 0.273. The van der Waals surface area contributed by atoms with E-state index in [4.69, 9.17) is 5.73 Å². The molecule has 0 aliphatic rings. The molecule has 2 aromatic rings. The lowest BCUT2D eigenvalue weighted by molar-refractivity contribution is 0.560. The van der Waals surface area contributed by atoms with Crippen molar-refractivity contribution in [2.24, 2.45) is 12.8 Å². The Morgan fingerprint density at radius 1 is 1.53 bits per heavy atom. The van der Waals surface area contributed by atoms with Gasteiger partial charge in [-0.1, -0.05) is 12.1 Å². The molecule has 0 amide bonds. The minimum Gasteiger partial charge on any atom is -0.323 e. The smallest absolute Gasteiger partial charge is 0.142 e. The average molecular weight is 299 g/mol. The molecule has 0 radical (unpaired) electrons. The Hall–Kier alpha value is -1.27. The maximum absolute atomic E-state index is 13.8. The van der Waals surface area contributed by atoms with Crippen molar-refractivity contribution in [1.29, 1.82) is 0 Å². The highest BCUT2D eigenvalue weighted by molar-refractivity contribution is 9.10. The summed E-state index contributed by atoms with van der Waals surface area (Å²) in [5, 5.41) is 3.95. The predicted octanol–water partition coefficient (Wildman–Crippen LogP) is 1.96. The van der Waals surface area contributed by atoms with Gasteiger partial charge in [-0.3, -0.25) is 4.68 Å². The van der Waals surface area contributed by atoms with Gasteiger partial charge in [-0.05, 0) is 22.0 Å². The van der Waals surface area contributed by atoms with Gasteiger partial charge in [0.05, 0.1) is 4.47 Å². The van der Waals surface area contributed by atoms with Gasteiger partial charge in [-0.25, -0.2) is 9.37 Å². The molecule has 0 aliphatic carbocycles. The Bertz CT molecular complexity index is 526. The number of nitrogens with two attached hydrogens (primary N) is 1. The van der Waals surface area contributed by atoms with Crippen LogP contribution in [-0.4, -0.2) is 14.8 Å². The van der Waals surface area contributed by atoms with E-state index in [1.807, 2.05) is 0 Å². The number of hydrogen-bond donors (Lipinski definition) is 1. The first-order valence-electron chi connectivity index (χ1n) is 5.12. The highest BCUT2D eigenvalue weighted by Gasteiger charge is 2.16. The lowest BCUT2D eigenvalue weighted by Gasteiger charge is -2.13. The summed E-state index contributed by atoms with van der Waals surface area (Å²) >= 11 is 3.14. The quantitative estimate of drug-likeness (QED) is 0.942. The van der Waals surface area contributed by atoms with Crippen LogP contribution in [0.4, 0.5) is 4.39 Å². The zero-order valence-corrected chi connectivity index (χ0v) is 10.9. The molecule has 2 N–H and O–H groups in total. The molecule has 1 atom stereocenters. The van der Waals surface area contributed by atoms with Gasteiger partial charge in [-0.15, -0.1) is 0 Å². The molecule has 2 rings (SSSR count). The maximum Gasteiger partial charge on any atom is 0.142 e. The second-order valence-electron chi connectivity index (χ2n) is 3.75. The normalized spacial score (nSPS) is 12.7. The van der Waals surface area contributed by atoms with E-state index in [0.717, 1.165) is 5.82 Å². The minimum absolute atomic E-state index is 0.317. The molecule has 1 unspecified atom stereocenters. The Morgan fingerprint density at radius 2 is 2.29 bits per heavy atom. The fourth-order valence-electron chi connectivity index (χ4n) is 1.62. The lowest BCUT2D eigenvalue weighted by atomic mass is 10.0. The first kappa shape index (κ1) is 12.2. The number of aromatic nitrogens is 3. The minimum atomic E-state index is -0.435. The van der Waals surface area contributed by atoms with Gasteiger partial charge in [0.15, 0.2) is 0 Å². The van der Waals surface area contributed by atoms with E-state index < -0.39 is 6.04 Å². The summed E-state index contributed by atoms with van der Waals surface area (Å²) in [4.78, 5) is 4.07. The largest absolute Gasteiger partial charge is 0.323 e. The molecule has 0 aliphatic heterocycles. The Labute approximate surface area is 107 Å². The van der Waals surface area contributed by atoms with Gasteiger partial charge >= 0.3 is 0 Å². The highest BCUT2D eigenvalue weighted by atomic mass is 79.9. The monoisotopic (exact) mass is 298 g/mol. The van der Waals surface area contributed by atoms with Gasteiger partial charge in [-0.2, -0.15) is 5.10 Å². The van der Waals surface area contributed by atoms with Crippen LogP contribution in [0.1, 0.15) is 17.4 Å². The average Bonchev–Trinajstić information content (AvgIpc) is 2.68. The van der Waals surface area contributed by atoms with E-state index in [9.17, 15) is 4.39 Å². The van der Waals surface area contributed by atoms with Crippen LogP contribution in [0.5, 0.6) is 0 Å². The standard InChI is InChI=1S/C11H12BrFN4/c1-17-10(15-6-16-17)5-9(14)7-3-2-4-8(12)11(7)13/h2-4,6,9H,5,14H2,1H3. The van der Waals surface area contributed by atoms with Crippen molar-refractivity contribution in [2.75, 3.05) is 0 Å². The molecule has 0 bridgehead atoms. The molecule has 6 heteroatoms. The van der Waals surface area contributed by atoms with Crippen molar-refractivity contribution >= 4 is 15.9 Å². The molecular formula is C11H12BrFN4. The summed E-state index contributed by atoms with van der Waals surface area (Å²) in [6.07, 6.45) is 1.91. The number of rotatable bonds is 3. The SMILES string of the molecule is Cn1ncnc1CC(N)c1cccc(Br)c1F. The summed E-state index contributed by atoms with van der Waals surface area (Å²) in [7, 11) is 1.78. The molecule has 0 fully saturated rings. The van der Waals surface area contributed by atoms with E-state index in [-0.39, 0.29) is 5.82 Å².